The summed E-state index contributed by atoms with van der Waals surface area (Å²) in [4.78, 5) is 16.8. The van der Waals surface area contributed by atoms with E-state index in [0.717, 1.165) is 21.3 Å². The van der Waals surface area contributed by atoms with E-state index in [9.17, 15) is 9.90 Å². The van der Waals surface area contributed by atoms with Gasteiger partial charge in [-0.2, -0.15) is 0 Å². The van der Waals surface area contributed by atoms with Gasteiger partial charge in [-0.15, -0.1) is 0 Å². The molecule has 0 aliphatic carbocycles. The number of halogens is 1. The van der Waals surface area contributed by atoms with Crippen molar-refractivity contribution in [2.24, 2.45) is 0 Å². The van der Waals surface area contributed by atoms with Crippen LogP contribution in [0.15, 0.2) is 52.0 Å². The van der Waals surface area contributed by atoms with E-state index >= 15 is 0 Å². The lowest BCUT2D eigenvalue weighted by Gasteiger charge is -2.16. The molecule has 0 amide bonds. The Labute approximate surface area is 154 Å². The molecule has 1 atom stereocenters. The SMILES string of the molecule is Cc1cccc(C)c1OCC(O)Cn1cnc2ccc(Br)cc2c1=O. The highest BCUT2D eigenvalue weighted by atomic mass is 79.9. The summed E-state index contributed by atoms with van der Waals surface area (Å²) in [6, 6.07) is 11.2. The molecule has 3 aromatic rings. The minimum absolute atomic E-state index is 0.106. The van der Waals surface area contributed by atoms with Crippen molar-refractivity contribution in [3.63, 3.8) is 0 Å². The fourth-order valence-corrected chi connectivity index (χ4v) is 3.11. The summed E-state index contributed by atoms with van der Waals surface area (Å²) < 4.78 is 7.98. The normalized spacial score (nSPS) is 12.3. The quantitative estimate of drug-likeness (QED) is 0.711. The minimum atomic E-state index is -0.817. The molecule has 5 nitrogen and oxygen atoms in total. The topological polar surface area (TPSA) is 64.3 Å². The van der Waals surface area contributed by atoms with Gasteiger partial charge in [0, 0.05) is 4.47 Å². The van der Waals surface area contributed by atoms with Crippen molar-refractivity contribution >= 4 is 26.8 Å². The van der Waals surface area contributed by atoms with E-state index in [1.165, 1.54) is 10.9 Å². The van der Waals surface area contributed by atoms with E-state index < -0.39 is 6.10 Å². The number of rotatable bonds is 5. The maximum atomic E-state index is 12.5. The first-order valence-corrected chi connectivity index (χ1v) is 8.77. The second kappa shape index (κ2) is 7.37. The number of hydrogen-bond donors (Lipinski definition) is 1. The number of aliphatic hydroxyl groups excluding tert-OH is 1. The maximum absolute atomic E-state index is 12.5. The van der Waals surface area contributed by atoms with Gasteiger partial charge in [-0.3, -0.25) is 9.36 Å². The van der Waals surface area contributed by atoms with Crippen LogP contribution in [0.4, 0.5) is 0 Å². The Hall–Kier alpha value is -2.18. The summed E-state index contributed by atoms with van der Waals surface area (Å²) >= 11 is 3.36. The van der Waals surface area contributed by atoms with Crippen LogP contribution in [0.3, 0.4) is 0 Å². The van der Waals surface area contributed by atoms with Crippen LogP contribution in [-0.2, 0) is 6.54 Å². The van der Waals surface area contributed by atoms with Crippen molar-refractivity contribution in [2.45, 2.75) is 26.5 Å². The van der Waals surface area contributed by atoms with Crippen molar-refractivity contribution in [1.82, 2.24) is 9.55 Å². The standard InChI is InChI=1S/C19H19BrN2O3/c1-12-4-3-5-13(2)18(12)25-10-15(23)9-22-11-21-17-7-6-14(20)8-16(17)19(22)24/h3-8,11,15,23H,9-10H2,1-2H3. The Bertz CT molecular complexity index is 948. The van der Waals surface area contributed by atoms with Gasteiger partial charge in [0.05, 0.1) is 23.8 Å². The zero-order chi connectivity index (χ0) is 18.0. The molecule has 1 N–H and O–H groups in total. The molecule has 1 aromatic heterocycles. The Morgan fingerprint density at radius 2 is 1.96 bits per heavy atom. The number of nitrogens with zero attached hydrogens (tertiary/aromatic N) is 2. The van der Waals surface area contributed by atoms with Crippen LogP contribution in [0.1, 0.15) is 11.1 Å². The molecule has 130 valence electrons. The lowest BCUT2D eigenvalue weighted by molar-refractivity contribution is 0.0908. The predicted molar refractivity (Wildman–Crippen MR) is 101 cm³/mol. The minimum Gasteiger partial charge on any atom is -0.490 e. The van der Waals surface area contributed by atoms with Crippen LogP contribution < -0.4 is 10.3 Å². The number of fused-ring (bicyclic) bond motifs is 1. The number of benzene rings is 2. The van der Waals surface area contributed by atoms with Gasteiger partial charge in [0.25, 0.3) is 5.56 Å². The Morgan fingerprint density at radius 1 is 1.24 bits per heavy atom. The first-order chi connectivity index (χ1) is 12.0. The fraction of sp³-hybridized carbons (Fsp3) is 0.263. The smallest absolute Gasteiger partial charge is 0.261 e. The Kier molecular flexibility index (Phi) is 5.20. The van der Waals surface area contributed by atoms with Gasteiger partial charge in [0.2, 0.25) is 0 Å². The molecule has 0 aliphatic rings. The largest absolute Gasteiger partial charge is 0.490 e. The van der Waals surface area contributed by atoms with Crippen LogP contribution >= 0.6 is 15.9 Å². The molecule has 6 heteroatoms. The van der Waals surface area contributed by atoms with Crippen LogP contribution in [0.5, 0.6) is 5.75 Å². The second-order valence-corrected chi connectivity index (χ2v) is 6.96. The third-order valence-corrected chi connectivity index (χ3v) is 4.52. The Morgan fingerprint density at radius 3 is 2.68 bits per heavy atom. The van der Waals surface area contributed by atoms with Crippen molar-refractivity contribution in [3.8, 4) is 5.75 Å². The highest BCUT2D eigenvalue weighted by molar-refractivity contribution is 9.10. The molecule has 25 heavy (non-hydrogen) atoms. The molecule has 1 heterocycles. The molecule has 0 saturated heterocycles. The van der Waals surface area contributed by atoms with Gasteiger partial charge in [0.15, 0.2) is 0 Å². The molecule has 0 bridgehead atoms. The van der Waals surface area contributed by atoms with E-state index in [2.05, 4.69) is 20.9 Å². The van der Waals surface area contributed by atoms with Crippen molar-refractivity contribution in [1.29, 1.82) is 0 Å². The van der Waals surface area contributed by atoms with E-state index in [1.54, 1.807) is 12.1 Å². The number of hydrogen-bond acceptors (Lipinski definition) is 4. The van der Waals surface area contributed by atoms with E-state index in [1.807, 2.05) is 38.1 Å². The van der Waals surface area contributed by atoms with Gasteiger partial charge in [0.1, 0.15) is 18.5 Å². The summed E-state index contributed by atoms with van der Waals surface area (Å²) in [6.45, 7) is 4.16. The average Bonchev–Trinajstić information content (AvgIpc) is 2.57. The number of para-hydroxylation sites is 1. The first-order valence-electron chi connectivity index (χ1n) is 7.97. The van der Waals surface area contributed by atoms with Crippen LogP contribution in [-0.4, -0.2) is 27.4 Å². The summed E-state index contributed by atoms with van der Waals surface area (Å²) in [7, 11) is 0. The summed E-state index contributed by atoms with van der Waals surface area (Å²) in [6.07, 6.45) is 0.643. The highest BCUT2D eigenvalue weighted by Gasteiger charge is 2.12. The summed E-state index contributed by atoms with van der Waals surface area (Å²) in [5, 5.41) is 10.8. The maximum Gasteiger partial charge on any atom is 0.261 e. The van der Waals surface area contributed by atoms with Crippen molar-refractivity contribution < 1.29 is 9.84 Å². The van der Waals surface area contributed by atoms with Crippen LogP contribution in [0.25, 0.3) is 10.9 Å². The predicted octanol–water partition coefficient (Wildman–Crippen LogP) is 3.22. The lowest BCUT2D eigenvalue weighted by Crippen LogP contribution is -2.30. The molecule has 0 fully saturated rings. The number of aromatic nitrogens is 2. The average molecular weight is 403 g/mol. The second-order valence-electron chi connectivity index (χ2n) is 6.05. The van der Waals surface area contributed by atoms with Crippen molar-refractivity contribution in [3.05, 3.63) is 68.7 Å². The third-order valence-electron chi connectivity index (χ3n) is 4.02. The Balaban J connectivity index is 1.75. The molecule has 1 unspecified atom stereocenters. The monoisotopic (exact) mass is 402 g/mol. The molecular weight excluding hydrogens is 384 g/mol. The third kappa shape index (κ3) is 3.91. The summed E-state index contributed by atoms with van der Waals surface area (Å²) in [5.41, 5.74) is 2.48. The first kappa shape index (κ1) is 17.6. The van der Waals surface area contributed by atoms with Gasteiger partial charge >= 0.3 is 0 Å². The van der Waals surface area contributed by atoms with Gasteiger partial charge in [-0.25, -0.2) is 4.98 Å². The molecular formula is C19H19BrN2O3. The van der Waals surface area contributed by atoms with Gasteiger partial charge < -0.3 is 9.84 Å². The number of aliphatic hydroxyl groups is 1. The number of ether oxygens (including phenoxy) is 1. The van der Waals surface area contributed by atoms with E-state index in [0.29, 0.717) is 10.9 Å². The lowest BCUT2D eigenvalue weighted by atomic mass is 10.1. The zero-order valence-electron chi connectivity index (χ0n) is 14.1. The fourth-order valence-electron chi connectivity index (χ4n) is 2.75. The zero-order valence-corrected chi connectivity index (χ0v) is 15.7. The van der Waals surface area contributed by atoms with Crippen LogP contribution in [0, 0.1) is 13.8 Å². The molecule has 3 rings (SSSR count). The van der Waals surface area contributed by atoms with Crippen molar-refractivity contribution in [2.75, 3.05) is 6.61 Å². The van der Waals surface area contributed by atoms with Crippen LogP contribution in [0.2, 0.25) is 0 Å². The van der Waals surface area contributed by atoms with E-state index in [4.69, 9.17) is 4.74 Å². The molecule has 0 radical (unpaired) electrons. The molecule has 2 aromatic carbocycles. The number of aryl methyl sites for hydroxylation is 2. The van der Waals surface area contributed by atoms with Gasteiger partial charge in [-0.1, -0.05) is 34.1 Å². The van der Waals surface area contributed by atoms with E-state index in [-0.39, 0.29) is 18.7 Å². The highest BCUT2D eigenvalue weighted by Crippen LogP contribution is 2.22. The molecule has 0 aliphatic heterocycles. The molecule has 0 spiro atoms. The summed E-state index contributed by atoms with van der Waals surface area (Å²) in [5.74, 6) is 0.773. The molecule has 0 saturated carbocycles. The van der Waals surface area contributed by atoms with Gasteiger partial charge in [-0.05, 0) is 43.2 Å².